The summed E-state index contributed by atoms with van der Waals surface area (Å²) < 4.78 is 4.11. The van der Waals surface area contributed by atoms with Gasteiger partial charge in [-0.15, -0.1) is 0 Å². The van der Waals surface area contributed by atoms with Gasteiger partial charge in [0, 0.05) is 19.2 Å². The van der Waals surface area contributed by atoms with Gasteiger partial charge in [0.25, 0.3) is 5.91 Å². The third kappa shape index (κ3) is 7.16. The zero-order valence-corrected chi connectivity index (χ0v) is 19.2. The van der Waals surface area contributed by atoms with Gasteiger partial charge in [-0.2, -0.15) is 0 Å². The van der Waals surface area contributed by atoms with Crippen LogP contribution in [-0.4, -0.2) is 47.2 Å². The maximum Gasteiger partial charge on any atom is 0.302 e. The molecule has 0 spiro atoms. The van der Waals surface area contributed by atoms with Crippen LogP contribution < -0.4 is 4.90 Å². The SMILES string of the molecule is COC(C)=O.O=C(c1c(Cl)ncnc1Cl)N(CCO)c1ccc(C2CCCCC2)cc1. The molecule has 0 unspecified atom stereocenters. The summed E-state index contributed by atoms with van der Waals surface area (Å²) in [5, 5.41) is 9.39. The van der Waals surface area contributed by atoms with Crippen molar-refractivity contribution in [3.63, 3.8) is 0 Å². The van der Waals surface area contributed by atoms with Gasteiger partial charge in [0.2, 0.25) is 0 Å². The number of aromatic nitrogens is 2. The topological polar surface area (TPSA) is 92.6 Å². The average Bonchev–Trinajstić information content (AvgIpc) is 2.78. The zero-order valence-electron chi connectivity index (χ0n) is 17.7. The first kappa shape index (κ1) is 25.0. The molecule has 9 heteroatoms. The molecule has 1 aromatic heterocycles. The number of benzene rings is 1. The number of aliphatic hydroxyl groups excluding tert-OH is 1. The summed E-state index contributed by atoms with van der Waals surface area (Å²) in [6, 6.07) is 7.94. The van der Waals surface area contributed by atoms with E-state index in [4.69, 9.17) is 23.2 Å². The Labute approximate surface area is 192 Å². The summed E-state index contributed by atoms with van der Waals surface area (Å²) in [5.41, 5.74) is 2.02. The van der Waals surface area contributed by atoms with Gasteiger partial charge in [-0.05, 0) is 36.5 Å². The van der Waals surface area contributed by atoms with E-state index in [1.54, 1.807) is 0 Å². The predicted molar refractivity (Wildman–Crippen MR) is 121 cm³/mol. The van der Waals surface area contributed by atoms with Gasteiger partial charge in [-0.25, -0.2) is 9.97 Å². The van der Waals surface area contributed by atoms with Gasteiger partial charge in [-0.3, -0.25) is 9.59 Å². The van der Waals surface area contributed by atoms with Crippen molar-refractivity contribution in [1.82, 2.24) is 9.97 Å². The fourth-order valence-corrected chi connectivity index (χ4v) is 3.94. The summed E-state index contributed by atoms with van der Waals surface area (Å²) in [4.78, 5) is 31.6. The normalized spacial score (nSPS) is 13.7. The number of anilines is 1. The van der Waals surface area contributed by atoms with Gasteiger partial charge in [0.05, 0.1) is 13.7 Å². The van der Waals surface area contributed by atoms with Crippen LogP contribution in [0.3, 0.4) is 0 Å². The molecule has 1 heterocycles. The molecule has 0 aliphatic heterocycles. The highest BCUT2D eigenvalue weighted by molar-refractivity contribution is 6.39. The first-order chi connectivity index (χ1) is 14.9. The number of amides is 1. The van der Waals surface area contributed by atoms with Crippen molar-refractivity contribution in [3.05, 3.63) is 52.0 Å². The third-order valence-corrected chi connectivity index (χ3v) is 5.68. The summed E-state index contributed by atoms with van der Waals surface area (Å²) in [5.74, 6) is -0.0868. The number of esters is 1. The lowest BCUT2D eigenvalue weighted by atomic mass is 9.84. The molecule has 7 nitrogen and oxygen atoms in total. The molecule has 1 aliphatic rings. The van der Waals surface area contributed by atoms with Crippen LogP contribution in [0.1, 0.15) is 60.9 Å². The number of rotatable bonds is 5. The van der Waals surface area contributed by atoms with Gasteiger partial charge >= 0.3 is 5.97 Å². The smallest absolute Gasteiger partial charge is 0.302 e. The highest BCUT2D eigenvalue weighted by Gasteiger charge is 2.24. The molecular formula is C22H27Cl2N3O4. The maximum absolute atomic E-state index is 12.9. The molecule has 1 amide bonds. The van der Waals surface area contributed by atoms with E-state index in [1.807, 2.05) is 12.1 Å². The number of hydrogen-bond acceptors (Lipinski definition) is 6. The Morgan fingerprint density at radius 3 is 2.13 bits per heavy atom. The molecule has 31 heavy (non-hydrogen) atoms. The molecule has 3 rings (SSSR count). The van der Waals surface area contributed by atoms with E-state index >= 15 is 0 Å². The van der Waals surface area contributed by atoms with Gasteiger partial charge in [0.15, 0.2) is 0 Å². The lowest BCUT2D eigenvalue weighted by Gasteiger charge is -2.25. The molecule has 1 N–H and O–H groups in total. The molecule has 2 aromatic rings. The van der Waals surface area contributed by atoms with Crippen LogP contribution in [-0.2, 0) is 9.53 Å². The van der Waals surface area contributed by atoms with E-state index in [2.05, 4.69) is 26.8 Å². The van der Waals surface area contributed by atoms with Crippen molar-refractivity contribution >= 4 is 40.8 Å². The van der Waals surface area contributed by atoms with Gasteiger partial charge in [0.1, 0.15) is 22.2 Å². The monoisotopic (exact) mass is 467 g/mol. The van der Waals surface area contributed by atoms with E-state index in [0.717, 1.165) is 0 Å². The average molecular weight is 468 g/mol. The summed E-state index contributed by atoms with van der Waals surface area (Å²) in [6.45, 7) is 1.31. The lowest BCUT2D eigenvalue weighted by Crippen LogP contribution is -2.34. The van der Waals surface area contributed by atoms with Crippen LogP contribution in [0.4, 0.5) is 5.69 Å². The largest absolute Gasteiger partial charge is 0.469 e. The molecule has 168 valence electrons. The Kier molecular flexibility index (Phi) is 10.2. The van der Waals surface area contributed by atoms with Gasteiger partial charge in [-0.1, -0.05) is 54.6 Å². The second-order valence-electron chi connectivity index (χ2n) is 7.13. The number of nitrogens with zero attached hydrogens (tertiary/aromatic N) is 3. The molecule has 1 fully saturated rings. The van der Waals surface area contributed by atoms with Crippen LogP contribution in [0, 0.1) is 0 Å². The number of carbonyl (C=O) groups excluding carboxylic acids is 2. The van der Waals surface area contributed by atoms with Crippen LogP contribution >= 0.6 is 23.2 Å². The number of aliphatic hydroxyl groups is 1. The van der Waals surface area contributed by atoms with Crippen LogP contribution in [0.25, 0.3) is 0 Å². The first-order valence-corrected chi connectivity index (χ1v) is 10.9. The maximum atomic E-state index is 12.9. The Hall–Kier alpha value is -2.22. The number of ether oxygens (including phenoxy) is 1. The Morgan fingerprint density at radius 2 is 1.65 bits per heavy atom. The first-order valence-electron chi connectivity index (χ1n) is 10.1. The van der Waals surface area contributed by atoms with Crippen LogP contribution in [0.15, 0.2) is 30.6 Å². The minimum Gasteiger partial charge on any atom is -0.469 e. The standard InChI is InChI=1S/C19H21Cl2N3O2.C3H6O2/c20-17-16(18(21)23-12-22-17)19(26)24(10-11-25)15-8-6-14(7-9-15)13-4-2-1-3-5-13;1-3(4)5-2/h6-9,12-13,25H,1-5,10-11H2;1-2H3. The number of halogens is 2. The van der Waals surface area contributed by atoms with Gasteiger partial charge < -0.3 is 14.7 Å². The Morgan fingerprint density at radius 1 is 1.10 bits per heavy atom. The fourth-order valence-electron chi connectivity index (χ4n) is 3.47. The molecule has 0 atom stereocenters. The van der Waals surface area contributed by atoms with E-state index in [0.29, 0.717) is 11.6 Å². The quantitative estimate of drug-likeness (QED) is 0.507. The fraction of sp³-hybridized carbons (Fsp3) is 0.455. The van der Waals surface area contributed by atoms with Crippen molar-refractivity contribution in [2.45, 2.75) is 44.9 Å². The molecular weight excluding hydrogens is 441 g/mol. The summed E-state index contributed by atoms with van der Waals surface area (Å²) in [6.07, 6.45) is 7.49. The number of methoxy groups -OCH3 is 1. The minimum absolute atomic E-state index is 0.00299. The van der Waals surface area contributed by atoms with Crippen molar-refractivity contribution in [3.8, 4) is 0 Å². The minimum atomic E-state index is -0.430. The lowest BCUT2D eigenvalue weighted by molar-refractivity contribution is -0.137. The second-order valence-corrected chi connectivity index (χ2v) is 7.85. The van der Waals surface area contributed by atoms with E-state index in [1.165, 1.54) is 62.9 Å². The highest BCUT2D eigenvalue weighted by Crippen LogP contribution is 2.33. The van der Waals surface area contributed by atoms with Crippen molar-refractivity contribution in [1.29, 1.82) is 0 Å². The molecule has 0 saturated heterocycles. The van der Waals surface area contributed by atoms with E-state index in [9.17, 15) is 14.7 Å². The predicted octanol–water partition coefficient (Wildman–Crippen LogP) is 4.65. The van der Waals surface area contributed by atoms with Crippen molar-refractivity contribution in [2.75, 3.05) is 25.2 Å². The van der Waals surface area contributed by atoms with Crippen LogP contribution in [0.5, 0.6) is 0 Å². The number of carbonyl (C=O) groups is 2. The summed E-state index contributed by atoms with van der Waals surface area (Å²) >= 11 is 12.1. The Bertz CT molecular complexity index is 851. The molecule has 0 bridgehead atoms. The molecule has 1 aliphatic carbocycles. The van der Waals surface area contributed by atoms with Crippen molar-refractivity contribution in [2.24, 2.45) is 0 Å². The van der Waals surface area contributed by atoms with E-state index < -0.39 is 5.91 Å². The molecule has 0 radical (unpaired) electrons. The number of hydrogen-bond donors (Lipinski definition) is 1. The van der Waals surface area contributed by atoms with Crippen molar-refractivity contribution < 1.29 is 19.4 Å². The second kappa shape index (κ2) is 12.6. The highest BCUT2D eigenvalue weighted by atomic mass is 35.5. The molecule has 1 saturated carbocycles. The van der Waals surface area contributed by atoms with Crippen LogP contribution in [0.2, 0.25) is 10.3 Å². The zero-order chi connectivity index (χ0) is 22.8. The molecule has 1 aromatic carbocycles. The Balaban J connectivity index is 0.000000614. The van der Waals surface area contributed by atoms with E-state index in [-0.39, 0.29) is 35.0 Å². The summed E-state index contributed by atoms with van der Waals surface area (Å²) in [7, 11) is 1.35. The third-order valence-electron chi connectivity index (χ3n) is 5.11.